The second kappa shape index (κ2) is 6.98. The molecule has 1 aromatic rings. The average molecular weight is 350 g/mol. The summed E-state index contributed by atoms with van der Waals surface area (Å²) in [4.78, 5) is -0.428. The van der Waals surface area contributed by atoms with Crippen LogP contribution in [0.15, 0.2) is 29.2 Å². The topological polar surface area (TPSA) is 37.4 Å². The van der Waals surface area contributed by atoms with Crippen molar-refractivity contribution in [3.63, 3.8) is 0 Å². The number of sulfonamides is 1. The first kappa shape index (κ1) is 17.6. The van der Waals surface area contributed by atoms with E-state index >= 15 is 0 Å². The molecular formula is C11H12Cl2F3NO2S. The molecule has 0 radical (unpaired) electrons. The third kappa shape index (κ3) is 4.25. The lowest BCUT2D eigenvalue weighted by atomic mass is 10.2. The van der Waals surface area contributed by atoms with Crippen molar-refractivity contribution >= 4 is 33.2 Å². The molecule has 20 heavy (non-hydrogen) atoms. The minimum atomic E-state index is -4.60. The third-order valence-electron chi connectivity index (χ3n) is 2.47. The van der Waals surface area contributed by atoms with Gasteiger partial charge in [-0.15, -0.1) is 23.2 Å². The molecule has 3 nitrogen and oxygen atoms in total. The molecule has 0 atom stereocenters. The van der Waals surface area contributed by atoms with E-state index < -0.39 is 26.7 Å². The van der Waals surface area contributed by atoms with E-state index in [4.69, 9.17) is 23.2 Å². The average Bonchev–Trinajstić information content (AvgIpc) is 2.37. The van der Waals surface area contributed by atoms with Crippen LogP contribution in [0.3, 0.4) is 0 Å². The lowest BCUT2D eigenvalue weighted by molar-refractivity contribution is -0.137. The van der Waals surface area contributed by atoms with E-state index in [2.05, 4.69) is 0 Å². The van der Waals surface area contributed by atoms with Gasteiger partial charge in [-0.25, -0.2) is 8.42 Å². The summed E-state index contributed by atoms with van der Waals surface area (Å²) < 4.78 is 63.2. The van der Waals surface area contributed by atoms with Crippen LogP contribution in [-0.2, 0) is 16.2 Å². The molecule has 0 saturated carbocycles. The van der Waals surface area contributed by atoms with Crippen molar-refractivity contribution in [2.45, 2.75) is 11.1 Å². The summed E-state index contributed by atoms with van der Waals surface area (Å²) in [6.07, 6.45) is -4.60. The molecule has 0 unspecified atom stereocenters. The molecule has 0 aliphatic heterocycles. The molecule has 0 heterocycles. The lowest BCUT2D eigenvalue weighted by Gasteiger charge is -2.20. The van der Waals surface area contributed by atoms with Crippen molar-refractivity contribution in [3.8, 4) is 0 Å². The molecule has 1 rings (SSSR count). The van der Waals surface area contributed by atoms with Gasteiger partial charge in [-0.3, -0.25) is 0 Å². The van der Waals surface area contributed by atoms with Crippen LogP contribution in [0, 0.1) is 0 Å². The molecule has 0 spiro atoms. The van der Waals surface area contributed by atoms with E-state index in [1.54, 1.807) is 0 Å². The van der Waals surface area contributed by atoms with Gasteiger partial charge in [-0.1, -0.05) is 6.07 Å². The van der Waals surface area contributed by atoms with Crippen molar-refractivity contribution in [1.29, 1.82) is 0 Å². The fourth-order valence-corrected chi connectivity index (χ4v) is 3.62. The van der Waals surface area contributed by atoms with Gasteiger partial charge in [0.1, 0.15) is 0 Å². The van der Waals surface area contributed by atoms with Gasteiger partial charge in [-0.2, -0.15) is 17.5 Å². The first-order chi connectivity index (χ1) is 9.23. The Morgan fingerprint density at radius 2 is 1.65 bits per heavy atom. The standard InChI is InChI=1S/C11H12Cl2F3NO2S/c12-4-6-17(7-5-13)20(18,19)10-3-1-2-9(8-10)11(14,15)16/h1-3,8H,4-7H2. The summed E-state index contributed by atoms with van der Waals surface area (Å²) in [6, 6.07) is 3.58. The third-order valence-corrected chi connectivity index (χ3v) is 4.70. The van der Waals surface area contributed by atoms with Gasteiger partial charge in [-0.05, 0) is 18.2 Å². The lowest BCUT2D eigenvalue weighted by Crippen LogP contribution is -2.34. The molecule has 0 aliphatic carbocycles. The Kier molecular flexibility index (Phi) is 6.12. The Hall–Kier alpha value is -0.500. The van der Waals surface area contributed by atoms with Crippen LogP contribution < -0.4 is 0 Å². The van der Waals surface area contributed by atoms with Crippen molar-refractivity contribution in [3.05, 3.63) is 29.8 Å². The van der Waals surface area contributed by atoms with Gasteiger partial charge in [0.15, 0.2) is 0 Å². The Morgan fingerprint density at radius 3 is 2.10 bits per heavy atom. The molecule has 9 heteroatoms. The van der Waals surface area contributed by atoms with Crippen LogP contribution in [-0.4, -0.2) is 37.6 Å². The van der Waals surface area contributed by atoms with Crippen molar-refractivity contribution in [2.75, 3.05) is 24.8 Å². The fraction of sp³-hybridized carbons (Fsp3) is 0.455. The van der Waals surface area contributed by atoms with E-state index in [1.165, 1.54) is 0 Å². The van der Waals surface area contributed by atoms with Crippen molar-refractivity contribution in [2.24, 2.45) is 0 Å². The molecule has 0 amide bonds. The van der Waals surface area contributed by atoms with E-state index in [0.29, 0.717) is 6.07 Å². The van der Waals surface area contributed by atoms with Gasteiger partial charge >= 0.3 is 6.18 Å². The normalized spacial score (nSPS) is 12.9. The molecule has 0 fully saturated rings. The molecular weight excluding hydrogens is 338 g/mol. The van der Waals surface area contributed by atoms with Gasteiger partial charge in [0, 0.05) is 24.8 Å². The molecule has 0 aromatic heterocycles. The van der Waals surface area contributed by atoms with Gasteiger partial charge in [0.2, 0.25) is 10.0 Å². The van der Waals surface area contributed by atoms with Crippen molar-refractivity contribution < 1.29 is 21.6 Å². The maximum absolute atomic E-state index is 12.6. The number of rotatable bonds is 6. The molecule has 0 bridgehead atoms. The highest BCUT2D eigenvalue weighted by atomic mass is 35.5. The molecule has 114 valence electrons. The van der Waals surface area contributed by atoms with E-state index in [9.17, 15) is 21.6 Å². The first-order valence-corrected chi connectivity index (χ1v) is 8.03. The number of hydrogen-bond acceptors (Lipinski definition) is 2. The van der Waals surface area contributed by atoms with Gasteiger partial charge < -0.3 is 0 Å². The van der Waals surface area contributed by atoms with Crippen LogP contribution in [0.5, 0.6) is 0 Å². The zero-order chi connectivity index (χ0) is 15.4. The fourth-order valence-electron chi connectivity index (χ4n) is 1.52. The summed E-state index contributed by atoms with van der Waals surface area (Å²) in [5, 5.41) is 0. The predicted octanol–water partition coefficient (Wildman–Crippen LogP) is 3.17. The number of benzene rings is 1. The summed E-state index contributed by atoms with van der Waals surface area (Å²) >= 11 is 11.0. The van der Waals surface area contributed by atoms with Crippen LogP contribution in [0.25, 0.3) is 0 Å². The second-order valence-electron chi connectivity index (χ2n) is 3.81. The number of alkyl halides is 5. The minimum absolute atomic E-state index is 0.0210. The SMILES string of the molecule is O=S(=O)(c1cccc(C(F)(F)F)c1)N(CCCl)CCCl. The molecule has 0 saturated heterocycles. The summed E-state index contributed by atoms with van der Waals surface area (Å²) in [5.41, 5.74) is -1.02. The maximum atomic E-state index is 12.6. The largest absolute Gasteiger partial charge is 0.416 e. The van der Waals surface area contributed by atoms with Crippen molar-refractivity contribution in [1.82, 2.24) is 4.31 Å². The Balaban J connectivity index is 3.20. The summed E-state index contributed by atoms with van der Waals surface area (Å²) in [6.45, 7) is -0.0420. The zero-order valence-corrected chi connectivity index (χ0v) is 12.5. The summed E-state index contributed by atoms with van der Waals surface area (Å²) in [5.74, 6) is 0.0458. The predicted molar refractivity (Wildman–Crippen MR) is 71.6 cm³/mol. The van der Waals surface area contributed by atoms with Crippen LogP contribution in [0.2, 0.25) is 0 Å². The summed E-state index contributed by atoms with van der Waals surface area (Å²) in [7, 11) is -4.04. The minimum Gasteiger partial charge on any atom is -0.207 e. The quantitative estimate of drug-likeness (QED) is 0.739. The van der Waals surface area contributed by atoms with Gasteiger partial charge in [0.25, 0.3) is 0 Å². The van der Waals surface area contributed by atoms with Crippen LogP contribution >= 0.6 is 23.2 Å². The van der Waals surface area contributed by atoms with E-state index in [-0.39, 0.29) is 24.8 Å². The number of nitrogens with zero attached hydrogens (tertiary/aromatic N) is 1. The van der Waals surface area contributed by atoms with Crippen LogP contribution in [0.4, 0.5) is 13.2 Å². The highest BCUT2D eigenvalue weighted by Crippen LogP contribution is 2.31. The monoisotopic (exact) mass is 349 g/mol. The Labute approximate surface area is 125 Å². The zero-order valence-electron chi connectivity index (χ0n) is 10.2. The highest BCUT2D eigenvalue weighted by Gasteiger charge is 2.32. The highest BCUT2D eigenvalue weighted by molar-refractivity contribution is 7.89. The van der Waals surface area contributed by atoms with E-state index in [0.717, 1.165) is 22.5 Å². The smallest absolute Gasteiger partial charge is 0.207 e. The second-order valence-corrected chi connectivity index (χ2v) is 6.50. The maximum Gasteiger partial charge on any atom is 0.416 e. The Bertz CT molecular complexity index is 543. The van der Waals surface area contributed by atoms with E-state index in [1.807, 2.05) is 0 Å². The molecule has 0 aliphatic rings. The first-order valence-electron chi connectivity index (χ1n) is 5.53. The molecule has 0 N–H and O–H groups in total. The van der Waals surface area contributed by atoms with Crippen LogP contribution in [0.1, 0.15) is 5.56 Å². The van der Waals surface area contributed by atoms with Gasteiger partial charge in [0.05, 0.1) is 10.5 Å². The number of halogens is 5. The molecule has 1 aromatic carbocycles. The Morgan fingerprint density at radius 1 is 1.10 bits per heavy atom. The number of hydrogen-bond donors (Lipinski definition) is 0.